The minimum absolute atomic E-state index is 0.0667. The molecular weight excluding hydrogens is 628 g/mol. The van der Waals surface area contributed by atoms with Gasteiger partial charge in [-0.2, -0.15) is 0 Å². The number of rotatable bonds is 12. The molecule has 0 N–H and O–H groups in total. The molecule has 0 aromatic heterocycles. The van der Waals surface area contributed by atoms with Crippen LogP contribution in [0.5, 0.6) is 5.75 Å². The van der Waals surface area contributed by atoms with Gasteiger partial charge in [-0.05, 0) is 66.3 Å². The Morgan fingerprint density at radius 3 is 2.27 bits per heavy atom. The topological polar surface area (TPSA) is 120 Å². The first-order valence-corrected chi connectivity index (χ1v) is 20.7. The summed E-state index contributed by atoms with van der Waals surface area (Å²) in [6.45, 7) is 9.81. The predicted octanol–water partition coefficient (Wildman–Crippen LogP) is 5.18. The Morgan fingerprint density at radius 2 is 1.60 bits per heavy atom. The van der Waals surface area contributed by atoms with Gasteiger partial charge in [-0.25, -0.2) is 0 Å². The van der Waals surface area contributed by atoms with Gasteiger partial charge in [0, 0.05) is 46.6 Å². The molecule has 3 aliphatic carbocycles. The van der Waals surface area contributed by atoms with Crippen LogP contribution in [0.15, 0.2) is 42.5 Å². The van der Waals surface area contributed by atoms with Gasteiger partial charge in [-0.3, -0.25) is 24.0 Å². The molecule has 4 aliphatic rings. The highest BCUT2D eigenvalue weighted by molar-refractivity contribution is 6.76. The number of hydrogen-bond acceptors (Lipinski definition) is 8. The smallest absolute Gasteiger partial charge is 0.310 e. The first-order valence-electron chi connectivity index (χ1n) is 17.0. The fourth-order valence-corrected chi connectivity index (χ4v) is 7.85. The minimum Gasteiger partial charge on any atom is -0.489 e. The molecule has 1 heterocycles. The third-order valence-corrected chi connectivity index (χ3v) is 11.4. The van der Waals surface area contributed by atoms with E-state index in [0.29, 0.717) is 42.9 Å². The molecule has 11 heteroatoms. The van der Waals surface area contributed by atoms with Crippen molar-refractivity contribution in [1.82, 2.24) is 9.80 Å². The molecule has 0 spiro atoms. The molecule has 0 radical (unpaired) electrons. The van der Waals surface area contributed by atoms with Crippen molar-refractivity contribution in [3.8, 4) is 5.75 Å². The molecule has 2 bridgehead atoms. The SMILES string of the molecule is CCCOC(=O)C1C2C(=O)CC(c3ccc(OCc4ccc(C(=O)N5CCCC5C(=O)N(C)C)cc4)cc32)C1C(=O)OCC[Si](C)(C)C. The van der Waals surface area contributed by atoms with E-state index in [0.717, 1.165) is 23.6 Å². The number of carbonyl (C=O) groups is 5. The lowest BCUT2D eigenvalue weighted by Crippen LogP contribution is -2.50. The summed E-state index contributed by atoms with van der Waals surface area (Å²) in [6.07, 6.45) is 2.26. The van der Waals surface area contributed by atoms with Crippen molar-refractivity contribution in [2.45, 2.75) is 82.8 Å². The van der Waals surface area contributed by atoms with Crippen molar-refractivity contribution in [1.29, 1.82) is 0 Å². The van der Waals surface area contributed by atoms with Crippen LogP contribution in [0.2, 0.25) is 25.7 Å². The van der Waals surface area contributed by atoms with Crippen molar-refractivity contribution < 1.29 is 38.2 Å². The largest absolute Gasteiger partial charge is 0.489 e. The lowest BCUT2D eigenvalue weighted by Gasteiger charge is -2.46. The van der Waals surface area contributed by atoms with E-state index in [4.69, 9.17) is 14.2 Å². The molecule has 1 saturated carbocycles. The number of Topliss-reactive ketones (excluding diaryl/α,β-unsaturated/α-hetero) is 1. The number of amides is 2. The van der Waals surface area contributed by atoms with Crippen LogP contribution in [0.1, 0.15) is 71.5 Å². The molecule has 48 heavy (non-hydrogen) atoms. The van der Waals surface area contributed by atoms with Crippen LogP contribution in [0, 0.1) is 11.8 Å². The molecule has 2 fully saturated rings. The van der Waals surface area contributed by atoms with E-state index in [-0.39, 0.29) is 37.2 Å². The van der Waals surface area contributed by atoms with Crippen LogP contribution in [0.3, 0.4) is 0 Å². The summed E-state index contributed by atoms with van der Waals surface area (Å²) in [7, 11) is 1.96. The number of nitrogens with zero attached hydrogens (tertiary/aromatic N) is 2. The molecule has 2 aromatic rings. The maximum Gasteiger partial charge on any atom is 0.310 e. The van der Waals surface area contributed by atoms with Crippen LogP contribution in [-0.2, 0) is 35.3 Å². The Balaban J connectivity index is 1.31. The number of fused-ring (bicyclic) bond motifs is 2. The Morgan fingerprint density at radius 1 is 0.917 bits per heavy atom. The number of ketones is 1. The van der Waals surface area contributed by atoms with Gasteiger partial charge in [-0.15, -0.1) is 0 Å². The summed E-state index contributed by atoms with van der Waals surface area (Å²) in [4.78, 5) is 69.4. The second-order valence-electron chi connectivity index (χ2n) is 14.6. The maximum absolute atomic E-state index is 13.5. The first kappa shape index (κ1) is 35.3. The van der Waals surface area contributed by atoms with Crippen LogP contribution in [0.25, 0.3) is 0 Å². The van der Waals surface area contributed by atoms with Gasteiger partial charge in [-0.1, -0.05) is 44.8 Å². The molecule has 258 valence electrons. The predicted molar refractivity (Wildman–Crippen MR) is 182 cm³/mol. The summed E-state index contributed by atoms with van der Waals surface area (Å²) < 4.78 is 17.4. The molecule has 5 unspecified atom stereocenters. The number of carbonyl (C=O) groups excluding carboxylic acids is 5. The number of ether oxygens (including phenoxy) is 3. The highest BCUT2D eigenvalue weighted by Gasteiger charge is 2.58. The lowest BCUT2D eigenvalue weighted by atomic mass is 9.55. The zero-order chi connectivity index (χ0) is 34.7. The monoisotopic (exact) mass is 676 g/mol. The fraction of sp³-hybridized carbons (Fsp3) is 0.541. The van der Waals surface area contributed by atoms with Crippen molar-refractivity contribution in [2.75, 3.05) is 33.9 Å². The van der Waals surface area contributed by atoms with Gasteiger partial charge in [0.1, 0.15) is 24.2 Å². The number of benzene rings is 2. The van der Waals surface area contributed by atoms with Gasteiger partial charge in [0.25, 0.3) is 5.91 Å². The zero-order valence-electron chi connectivity index (χ0n) is 29.0. The van der Waals surface area contributed by atoms with Crippen LogP contribution < -0.4 is 4.74 Å². The molecule has 2 amide bonds. The van der Waals surface area contributed by atoms with E-state index in [1.807, 2.05) is 37.3 Å². The van der Waals surface area contributed by atoms with Crippen molar-refractivity contribution >= 4 is 37.6 Å². The first-order chi connectivity index (χ1) is 22.8. The van der Waals surface area contributed by atoms with E-state index >= 15 is 0 Å². The summed E-state index contributed by atoms with van der Waals surface area (Å²) in [5, 5.41) is 0. The minimum atomic E-state index is -1.44. The van der Waals surface area contributed by atoms with E-state index in [2.05, 4.69) is 19.6 Å². The average Bonchev–Trinajstić information content (AvgIpc) is 3.54. The molecule has 2 aromatic carbocycles. The van der Waals surface area contributed by atoms with E-state index in [1.54, 1.807) is 31.1 Å². The summed E-state index contributed by atoms with van der Waals surface area (Å²) in [6, 6.07) is 13.1. The van der Waals surface area contributed by atoms with E-state index < -0.39 is 49.7 Å². The summed E-state index contributed by atoms with van der Waals surface area (Å²) in [5.41, 5.74) is 2.92. The summed E-state index contributed by atoms with van der Waals surface area (Å²) >= 11 is 0. The molecule has 1 aliphatic heterocycles. The van der Waals surface area contributed by atoms with Gasteiger partial charge < -0.3 is 24.0 Å². The van der Waals surface area contributed by atoms with Gasteiger partial charge >= 0.3 is 11.9 Å². The van der Waals surface area contributed by atoms with Crippen molar-refractivity contribution in [2.24, 2.45) is 11.8 Å². The van der Waals surface area contributed by atoms with Gasteiger partial charge in [0.05, 0.1) is 31.0 Å². The third kappa shape index (κ3) is 7.51. The lowest BCUT2D eigenvalue weighted by molar-refractivity contribution is -0.167. The van der Waals surface area contributed by atoms with Crippen molar-refractivity contribution in [3.05, 3.63) is 64.7 Å². The molecular formula is C37H48N2O8Si. The normalized spacial score (nSPS) is 23.0. The molecule has 10 nitrogen and oxygen atoms in total. The van der Waals surface area contributed by atoms with E-state index in [9.17, 15) is 24.0 Å². The maximum atomic E-state index is 13.5. The summed E-state index contributed by atoms with van der Waals surface area (Å²) in [5.74, 6) is -3.77. The zero-order valence-corrected chi connectivity index (χ0v) is 30.0. The van der Waals surface area contributed by atoms with Crippen LogP contribution in [0.4, 0.5) is 0 Å². The Bertz CT molecular complexity index is 1550. The number of hydrogen-bond donors (Lipinski definition) is 0. The standard InChI is InChI=1S/C37H48N2O8Si/c1-7-17-45-37(44)33-31-27-20-25(14-15-26(27)28(21-30(31)40)32(33)36(43)46-18-19-48(4,5)6)47-22-23-10-12-24(13-11-23)34(41)39-16-8-9-29(39)35(42)38(2)3/h10-15,20,28-29,31-33H,7-9,16-19,21-22H2,1-6H3. The third-order valence-electron chi connectivity index (χ3n) is 9.68. The van der Waals surface area contributed by atoms with Gasteiger partial charge in [0.2, 0.25) is 5.91 Å². The second-order valence-corrected chi connectivity index (χ2v) is 20.2. The van der Waals surface area contributed by atoms with Crippen molar-refractivity contribution in [3.63, 3.8) is 0 Å². The number of esters is 2. The molecule has 6 rings (SSSR count). The Kier molecular flexibility index (Phi) is 10.8. The highest BCUT2D eigenvalue weighted by atomic mass is 28.3. The highest BCUT2D eigenvalue weighted by Crippen LogP contribution is 2.55. The second kappa shape index (κ2) is 14.6. The molecule has 1 saturated heterocycles. The number of likely N-dealkylation sites (tertiary alicyclic amines) is 1. The average molecular weight is 677 g/mol. The fourth-order valence-electron chi connectivity index (χ4n) is 7.14. The van der Waals surface area contributed by atoms with Gasteiger partial charge in [0.15, 0.2) is 0 Å². The van der Waals surface area contributed by atoms with E-state index in [1.165, 1.54) is 4.90 Å². The Labute approximate surface area is 284 Å². The Hall–Kier alpha value is -3.99. The van der Waals surface area contributed by atoms with Crippen LogP contribution >= 0.6 is 0 Å². The van der Waals surface area contributed by atoms with Crippen LogP contribution in [-0.4, -0.2) is 87.3 Å². The number of likely N-dealkylation sites (N-methyl/N-ethyl adjacent to an activating group) is 1. The molecule has 5 atom stereocenters. The quantitative estimate of drug-likeness (QED) is 0.223.